The van der Waals surface area contributed by atoms with Crippen molar-refractivity contribution in [1.82, 2.24) is 4.90 Å². The zero-order valence-corrected chi connectivity index (χ0v) is 20.6. The highest BCUT2D eigenvalue weighted by molar-refractivity contribution is 6.01. The van der Waals surface area contributed by atoms with Crippen LogP contribution in [0.3, 0.4) is 0 Å². The van der Waals surface area contributed by atoms with Gasteiger partial charge >= 0.3 is 5.97 Å². The van der Waals surface area contributed by atoms with E-state index in [1.807, 2.05) is 30.3 Å². The molecule has 3 rings (SSSR count). The lowest BCUT2D eigenvalue weighted by Gasteiger charge is -2.26. The number of hydrogen-bond acceptors (Lipinski definition) is 7. The fourth-order valence-corrected chi connectivity index (χ4v) is 3.42. The van der Waals surface area contributed by atoms with Crippen LogP contribution in [0, 0.1) is 11.3 Å². The molecule has 36 heavy (non-hydrogen) atoms. The van der Waals surface area contributed by atoms with Gasteiger partial charge in [-0.1, -0.05) is 31.5 Å². The predicted octanol–water partition coefficient (Wildman–Crippen LogP) is 4.26. The number of carbonyl (C=O) groups is 2. The molecule has 1 fully saturated rings. The van der Waals surface area contributed by atoms with E-state index < -0.39 is 5.97 Å². The van der Waals surface area contributed by atoms with Gasteiger partial charge < -0.3 is 23.8 Å². The van der Waals surface area contributed by atoms with Crippen LogP contribution in [0.15, 0.2) is 54.1 Å². The minimum Gasteiger partial charge on any atom is -0.494 e. The van der Waals surface area contributed by atoms with Gasteiger partial charge in [-0.25, -0.2) is 4.79 Å². The lowest BCUT2D eigenvalue weighted by molar-refractivity contribution is -0.130. The SMILES string of the molecule is CCCCOc1ccc(/C=C/C(=O)Oc2ccc(/C=C(\C#N)C(=O)N3CCOCC3)cc2OC)cc1. The molecule has 8 heteroatoms. The first kappa shape index (κ1) is 26.5. The summed E-state index contributed by atoms with van der Waals surface area (Å²) in [5.41, 5.74) is 1.41. The first-order valence-corrected chi connectivity index (χ1v) is 11.8. The predicted molar refractivity (Wildman–Crippen MR) is 135 cm³/mol. The van der Waals surface area contributed by atoms with Crippen molar-refractivity contribution in [2.45, 2.75) is 19.8 Å². The Hall–Kier alpha value is -4.09. The number of ether oxygens (including phenoxy) is 4. The number of rotatable bonds is 10. The van der Waals surface area contributed by atoms with E-state index >= 15 is 0 Å². The number of nitrogens with zero attached hydrogens (tertiary/aromatic N) is 2. The van der Waals surface area contributed by atoms with Crippen LogP contribution in [-0.4, -0.2) is 56.8 Å². The summed E-state index contributed by atoms with van der Waals surface area (Å²) in [6, 6.07) is 14.2. The Balaban J connectivity index is 1.64. The van der Waals surface area contributed by atoms with E-state index in [2.05, 4.69) is 6.92 Å². The molecule has 1 amide bonds. The van der Waals surface area contributed by atoms with E-state index in [1.165, 1.54) is 19.3 Å². The van der Waals surface area contributed by atoms with Crippen LogP contribution in [0.25, 0.3) is 12.2 Å². The number of esters is 1. The molecular weight excluding hydrogens is 460 g/mol. The Morgan fingerprint density at radius 2 is 1.81 bits per heavy atom. The van der Waals surface area contributed by atoms with Gasteiger partial charge in [0.25, 0.3) is 5.91 Å². The van der Waals surface area contributed by atoms with Crippen molar-refractivity contribution < 1.29 is 28.5 Å². The number of methoxy groups -OCH3 is 1. The topological polar surface area (TPSA) is 98.1 Å². The molecule has 0 unspecified atom stereocenters. The summed E-state index contributed by atoms with van der Waals surface area (Å²) in [7, 11) is 1.45. The molecule has 0 radical (unpaired) electrons. The maximum atomic E-state index is 12.6. The molecule has 0 bridgehead atoms. The highest BCUT2D eigenvalue weighted by atomic mass is 16.6. The molecule has 1 aliphatic heterocycles. The second-order valence-corrected chi connectivity index (χ2v) is 8.01. The number of nitriles is 1. The first-order valence-electron chi connectivity index (χ1n) is 11.8. The standard InChI is InChI=1S/C28H30N2O6/c1-3-4-15-35-24-9-5-21(6-10-24)8-12-27(31)36-25-11-7-22(19-26(25)33-2)18-23(20-29)28(32)30-13-16-34-17-14-30/h5-12,18-19H,3-4,13-17H2,1-2H3/b12-8+,23-18+. The molecule has 0 atom stereocenters. The van der Waals surface area contributed by atoms with Crippen LogP contribution in [0.5, 0.6) is 17.2 Å². The summed E-state index contributed by atoms with van der Waals surface area (Å²) in [4.78, 5) is 26.6. The van der Waals surface area contributed by atoms with Crippen molar-refractivity contribution in [3.8, 4) is 23.3 Å². The molecule has 0 N–H and O–H groups in total. The summed E-state index contributed by atoms with van der Waals surface area (Å²) in [5, 5.41) is 9.49. The number of carbonyl (C=O) groups excluding carboxylic acids is 2. The molecule has 2 aromatic carbocycles. The number of hydrogen-bond donors (Lipinski definition) is 0. The molecule has 188 valence electrons. The third-order valence-corrected chi connectivity index (χ3v) is 5.42. The maximum absolute atomic E-state index is 12.6. The normalized spacial score (nSPS) is 13.8. The van der Waals surface area contributed by atoms with Gasteiger partial charge in [-0.15, -0.1) is 0 Å². The third kappa shape index (κ3) is 7.72. The van der Waals surface area contributed by atoms with E-state index in [-0.39, 0.29) is 17.2 Å². The smallest absolute Gasteiger partial charge is 0.336 e. The highest BCUT2D eigenvalue weighted by Gasteiger charge is 2.20. The third-order valence-electron chi connectivity index (χ3n) is 5.42. The van der Waals surface area contributed by atoms with Gasteiger partial charge in [0.2, 0.25) is 0 Å². The Labute approximate surface area is 211 Å². The molecule has 0 aromatic heterocycles. The van der Waals surface area contributed by atoms with Gasteiger partial charge in [-0.05, 0) is 54.0 Å². The van der Waals surface area contributed by atoms with Crippen LogP contribution >= 0.6 is 0 Å². The first-order chi connectivity index (χ1) is 17.5. The lowest BCUT2D eigenvalue weighted by Crippen LogP contribution is -2.41. The molecule has 0 spiro atoms. The monoisotopic (exact) mass is 490 g/mol. The molecular formula is C28H30N2O6. The van der Waals surface area contributed by atoms with Crippen molar-refractivity contribution in [1.29, 1.82) is 5.26 Å². The van der Waals surface area contributed by atoms with Crippen molar-refractivity contribution in [2.75, 3.05) is 40.0 Å². The van der Waals surface area contributed by atoms with Gasteiger partial charge in [0.05, 0.1) is 26.9 Å². The van der Waals surface area contributed by atoms with Gasteiger partial charge in [-0.3, -0.25) is 4.79 Å². The minimum absolute atomic E-state index is 0.00779. The van der Waals surface area contributed by atoms with Crippen LogP contribution in [0.2, 0.25) is 0 Å². The van der Waals surface area contributed by atoms with Crippen molar-refractivity contribution in [2.24, 2.45) is 0 Å². The highest BCUT2D eigenvalue weighted by Crippen LogP contribution is 2.29. The quantitative estimate of drug-likeness (QED) is 0.161. The van der Waals surface area contributed by atoms with E-state index in [4.69, 9.17) is 18.9 Å². The Morgan fingerprint density at radius 1 is 1.08 bits per heavy atom. The Morgan fingerprint density at radius 3 is 2.47 bits per heavy atom. The van der Waals surface area contributed by atoms with E-state index in [9.17, 15) is 14.9 Å². The average Bonchev–Trinajstić information content (AvgIpc) is 2.92. The van der Waals surface area contributed by atoms with Gasteiger partial charge in [0.15, 0.2) is 11.5 Å². The van der Waals surface area contributed by atoms with E-state index in [1.54, 1.807) is 29.2 Å². The number of unbranched alkanes of at least 4 members (excludes halogenated alkanes) is 1. The van der Waals surface area contributed by atoms with Crippen molar-refractivity contribution in [3.05, 3.63) is 65.2 Å². The summed E-state index contributed by atoms with van der Waals surface area (Å²) >= 11 is 0. The number of amides is 1. The van der Waals surface area contributed by atoms with Crippen molar-refractivity contribution >= 4 is 24.0 Å². The number of morpholine rings is 1. The molecule has 0 saturated carbocycles. The lowest BCUT2D eigenvalue weighted by atomic mass is 10.1. The maximum Gasteiger partial charge on any atom is 0.336 e. The van der Waals surface area contributed by atoms with Crippen molar-refractivity contribution in [3.63, 3.8) is 0 Å². The minimum atomic E-state index is -0.569. The molecule has 0 aliphatic carbocycles. The molecule has 1 saturated heterocycles. The molecule has 1 aliphatic rings. The number of benzene rings is 2. The van der Waals surface area contributed by atoms with E-state index in [0.717, 1.165) is 24.2 Å². The fraction of sp³-hybridized carbons (Fsp3) is 0.321. The van der Waals surface area contributed by atoms with Crippen LogP contribution in [0.4, 0.5) is 0 Å². The molecule has 8 nitrogen and oxygen atoms in total. The summed E-state index contributed by atoms with van der Waals surface area (Å²) in [6.07, 6.45) is 6.54. The summed E-state index contributed by atoms with van der Waals surface area (Å²) < 4.78 is 21.7. The van der Waals surface area contributed by atoms with E-state index in [0.29, 0.717) is 44.2 Å². The van der Waals surface area contributed by atoms with Gasteiger partial charge in [0.1, 0.15) is 17.4 Å². The van der Waals surface area contributed by atoms with Crippen LogP contribution in [-0.2, 0) is 14.3 Å². The summed E-state index contributed by atoms with van der Waals surface area (Å²) in [6.45, 7) is 4.58. The Bertz CT molecular complexity index is 1140. The molecule has 1 heterocycles. The second kappa shape index (κ2) is 13.7. The largest absolute Gasteiger partial charge is 0.494 e. The van der Waals surface area contributed by atoms with Gasteiger partial charge in [-0.2, -0.15) is 5.26 Å². The van der Waals surface area contributed by atoms with Gasteiger partial charge in [0, 0.05) is 19.2 Å². The second-order valence-electron chi connectivity index (χ2n) is 8.01. The average molecular weight is 491 g/mol. The summed E-state index contributed by atoms with van der Waals surface area (Å²) in [5.74, 6) is 0.395. The zero-order chi connectivity index (χ0) is 25.8. The van der Waals surface area contributed by atoms with Crippen LogP contribution in [0.1, 0.15) is 30.9 Å². The van der Waals surface area contributed by atoms with Crippen LogP contribution < -0.4 is 14.2 Å². The Kier molecular flexibility index (Phi) is 10.1. The molecule has 2 aromatic rings. The fourth-order valence-electron chi connectivity index (χ4n) is 3.42. The zero-order valence-electron chi connectivity index (χ0n) is 20.6.